The van der Waals surface area contributed by atoms with Crippen molar-refractivity contribution in [2.24, 2.45) is 5.73 Å². The maximum atomic E-state index is 13.8. The highest BCUT2D eigenvalue weighted by Crippen LogP contribution is 2.25. The Kier molecular flexibility index (Phi) is 12.9. The fourth-order valence-corrected chi connectivity index (χ4v) is 3.59. The standard InChI is InChI=1S/C27H39N5O7/c1-7-38-22(34)12-14-30-24(35)23(19-9-8-17(2)18(3)16-19)32(15-13-28)25(36)20(10-11-21(29)33)31-26(37)39-27(4,5)6/h8-9,16,20,23H,7,10-12,14-15H2,1-6H3,(H2,29,33)(H,30,35)(H,31,37). The fraction of sp³-hybridized carbons (Fsp3) is 0.556. The molecule has 1 rings (SSSR count). The van der Waals surface area contributed by atoms with Gasteiger partial charge in [0.05, 0.1) is 19.1 Å². The summed E-state index contributed by atoms with van der Waals surface area (Å²) in [6, 6.07) is 4.46. The zero-order chi connectivity index (χ0) is 29.8. The van der Waals surface area contributed by atoms with Crippen molar-refractivity contribution in [1.82, 2.24) is 15.5 Å². The zero-order valence-electron chi connectivity index (χ0n) is 23.5. The first-order valence-corrected chi connectivity index (χ1v) is 12.7. The number of rotatable bonds is 13. The molecule has 4 amide bonds. The molecule has 39 heavy (non-hydrogen) atoms. The van der Waals surface area contributed by atoms with Gasteiger partial charge in [0.2, 0.25) is 17.7 Å². The lowest BCUT2D eigenvalue weighted by Gasteiger charge is -2.33. The number of primary amides is 1. The van der Waals surface area contributed by atoms with E-state index in [2.05, 4.69) is 10.6 Å². The molecule has 0 heterocycles. The van der Waals surface area contributed by atoms with E-state index in [0.717, 1.165) is 16.0 Å². The predicted octanol–water partition coefficient (Wildman–Crippen LogP) is 1.92. The Bertz CT molecular complexity index is 1090. The van der Waals surface area contributed by atoms with Gasteiger partial charge in [0.25, 0.3) is 0 Å². The monoisotopic (exact) mass is 545 g/mol. The quantitative estimate of drug-likeness (QED) is 0.248. The Hall–Kier alpha value is -4.14. The smallest absolute Gasteiger partial charge is 0.408 e. The summed E-state index contributed by atoms with van der Waals surface area (Å²) in [5.74, 6) is -2.63. The third-order valence-electron chi connectivity index (χ3n) is 5.53. The first kappa shape index (κ1) is 32.9. The number of nitrogens with two attached hydrogens (primary N) is 1. The van der Waals surface area contributed by atoms with Gasteiger partial charge in [-0.15, -0.1) is 0 Å². The molecule has 0 aliphatic heterocycles. The van der Waals surface area contributed by atoms with Gasteiger partial charge in [-0.2, -0.15) is 5.26 Å². The van der Waals surface area contributed by atoms with Crippen molar-refractivity contribution in [3.63, 3.8) is 0 Å². The fourth-order valence-electron chi connectivity index (χ4n) is 3.59. The molecule has 1 aromatic carbocycles. The predicted molar refractivity (Wildman–Crippen MR) is 142 cm³/mol. The van der Waals surface area contributed by atoms with Gasteiger partial charge >= 0.3 is 12.1 Å². The lowest BCUT2D eigenvalue weighted by molar-refractivity contribution is -0.144. The average Bonchev–Trinajstić information content (AvgIpc) is 2.82. The second kappa shape index (κ2) is 15.3. The lowest BCUT2D eigenvalue weighted by Crippen LogP contribution is -2.53. The van der Waals surface area contributed by atoms with Crippen LogP contribution in [0, 0.1) is 25.2 Å². The van der Waals surface area contributed by atoms with Gasteiger partial charge in [-0.25, -0.2) is 4.79 Å². The number of ether oxygens (including phenoxy) is 2. The Labute approximate surface area is 229 Å². The summed E-state index contributed by atoms with van der Waals surface area (Å²) >= 11 is 0. The van der Waals surface area contributed by atoms with Crippen molar-refractivity contribution in [3.05, 3.63) is 34.9 Å². The average molecular weight is 546 g/mol. The topological polar surface area (TPSA) is 181 Å². The molecule has 0 radical (unpaired) electrons. The second-order valence-electron chi connectivity index (χ2n) is 9.92. The molecule has 2 atom stereocenters. The van der Waals surface area contributed by atoms with E-state index in [1.807, 2.05) is 19.9 Å². The summed E-state index contributed by atoms with van der Waals surface area (Å²) in [4.78, 5) is 64.0. The number of alkyl carbamates (subject to hydrolysis) is 1. The number of carbonyl (C=O) groups is 5. The molecular weight excluding hydrogens is 506 g/mol. The lowest BCUT2D eigenvalue weighted by atomic mass is 9.98. The number of nitrogens with one attached hydrogen (secondary N) is 2. The second-order valence-corrected chi connectivity index (χ2v) is 9.92. The van der Waals surface area contributed by atoms with Crippen LogP contribution in [0.25, 0.3) is 0 Å². The number of hydrogen-bond donors (Lipinski definition) is 3. The summed E-state index contributed by atoms with van der Waals surface area (Å²) in [6.07, 6.45) is -1.43. The van der Waals surface area contributed by atoms with Gasteiger partial charge in [0.15, 0.2) is 0 Å². The van der Waals surface area contributed by atoms with Gasteiger partial charge in [-0.1, -0.05) is 18.2 Å². The van der Waals surface area contributed by atoms with Crippen molar-refractivity contribution in [1.29, 1.82) is 5.26 Å². The minimum Gasteiger partial charge on any atom is -0.466 e. The number of benzene rings is 1. The van der Waals surface area contributed by atoms with Gasteiger partial charge in [0.1, 0.15) is 24.2 Å². The summed E-state index contributed by atoms with van der Waals surface area (Å²) in [5, 5.41) is 14.7. The zero-order valence-corrected chi connectivity index (χ0v) is 23.5. The van der Waals surface area contributed by atoms with E-state index in [1.165, 1.54) is 0 Å². The summed E-state index contributed by atoms with van der Waals surface area (Å²) in [5.41, 5.74) is 6.62. The third-order valence-corrected chi connectivity index (χ3v) is 5.53. The van der Waals surface area contributed by atoms with E-state index in [0.29, 0.717) is 5.56 Å². The molecular formula is C27H39N5O7. The highest BCUT2D eigenvalue weighted by molar-refractivity contribution is 5.92. The van der Waals surface area contributed by atoms with Gasteiger partial charge in [-0.05, 0) is 64.7 Å². The molecule has 0 saturated carbocycles. The van der Waals surface area contributed by atoms with Crippen LogP contribution >= 0.6 is 0 Å². The molecule has 2 unspecified atom stereocenters. The van der Waals surface area contributed by atoms with Crippen molar-refractivity contribution in [3.8, 4) is 6.07 Å². The largest absolute Gasteiger partial charge is 0.466 e. The molecule has 214 valence electrons. The normalized spacial score (nSPS) is 12.3. The van der Waals surface area contributed by atoms with Gasteiger partial charge < -0.3 is 30.7 Å². The molecule has 12 nitrogen and oxygen atoms in total. The van der Waals surface area contributed by atoms with Crippen molar-refractivity contribution < 1.29 is 33.4 Å². The summed E-state index contributed by atoms with van der Waals surface area (Å²) < 4.78 is 10.1. The van der Waals surface area contributed by atoms with Crippen molar-refractivity contribution in [2.75, 3.05) is 19.7 Å². The maximum Gasteiger partial charge on any atom is 0.408 e. The summed E-state index contributed by atoms with van der Waals surface area (Å²) in [7, 11) is 0. The van der Waals surface area contributed by atoms with E-state index < -0.39 is 54.0 Å². The molecule has 0 fully saturated rings. The van der Waals surface area contributed by atoms with E-state index >= 15 is 0 Å². The van der Waals surface area contributed by atoms with Crippen LogP contribution in [0.4, 0.5) is 4.79 Å². The van der Waals surface area contributed by atoms with Crippen LogP contribution in [0.3, 0.4) is 0 Å². The van der Waals surface area contributed by atoms with Crippen LogP contribution in [0.2, 0.25) is 0 Å². The molecule has 0 aliphatic carbocycles. The van der Waals surface area contributed by atoms with E-state index in [-0.39, 0.29) is 32.4 Å². The molecule has 0 aromatic heterocycles. The maximum absolute atomic E-state index is 13.8. The number of amides is 4. The highest BCUT2D eigenvalue weighted by atomic mass is 16.6. The van der Waals surface area contributed by atoms with Crippen LogP contribution in [0.1, 0.15) is 69.7 Å². The number of esters is 1. The number of hydrogen-bond acceptors (Lipinski definition) is 8. The molecule has 0 spiro atoms. The van der Waals surface area contributed by atoms with Crippen LogP contribution < -0.4 is 16.4 Å². The molecule has 12 heteroatoms. The van der Waals surface area contributed by atoms with Crippen molar-refractivity contribution in [2.45, 2.75) is 78.5 Å². The Morgan fingerprint density at radius 3 is 2.31 bits per heavy atom. The van der Waals surface area contributed by atoms with Crippen LogP contribution in [-0.4, -0.2) is 66.0 Å². The molecule has 0 aliphatic rings. The van der Waals surface area contributed by atoms with Crippen LogP contribution in [0.15, 0.2) is 18.2 Å². The van der Waals surface area contributed by atoms with E-state index in [4.69, 9.17) is 15.2 Å². The van der Waals surface area contributed by atoms with Crippen molar-refractivity contribution >= 4 is 29.8 Å². The Morgan fingerprint density at radius 2 is 1.77 bits per heavy atom. The number of nitriles is 1. The van der Waals surface area contributed by atoms with Crippen LogP contribution in [0.5, 0.6) is 0 Å². The minimum absolute atomic E-state index is 0.0607. The van der Waals surface area contributed by atoms with E-state index in [1.54, 1.807) is 45.9 Å². The van der Waals surface area contributed by atoms with Gasteiger partial charge in [-0.3, -0.25) is 19.2 Å². The van der Waals surface area contributed by atoms with Gasteiger partial charge in [0, 0.05) is 13.0 Å². The Morgan fingerprint density at radius 1 is 1.10 bits per heavy atom. The minimum atomic E-state index is -1.32. The third kappa shape index (κ3) is 11.4. The van der Waals surface area contributed by atoms with E-state index in [9.17, 15) is 29.2 Å². The summed E-state index contributed by atoms with van der Waals surface area (Å²) in [6.45, 7) is 9.94. The molecule has 4 N–H and O–H groups in total. The first-order chi connectivity index (χ1) is 18.2. The van der Waals surface area contributed by atoms with Crippen LogP contribution in [-0.2, 0) is 28.7 Å². The highest BCUT2D eigenvalue weighted by Gasteiger charge is 2.36. The number of carbonyl (C=O) groups excluding carboxylic acids is 5. The molecule has 0 bridgehead atoms. The Balaban J connectivity index is 3.43. The SMILES string of the molecule is CCOC(=O)CCNC(=O)C(c1ccc(C)c(C)c1)N(CC#N)C(=O)C(CCC(N)=O)NC(=O)OC(C)(C)C. The first-order valence-electron chi connectivity index (χ1n) is 12.7. The molecule has 0 saturated heterocycles. The number of aryl methyl sites for hydroxylation is 2. The molecule has 1 aromatic rings. The number of nitrogens with zero attached hydrogens (tertiary/aromatic N) is 2.